The fourth-order valence-corrected chi connectivity index (χ4v) is 2.43. The Labute approximate surface area is 142 Å². The number of aryl methyl sites for hydroxylation is 2. The minimum Gasteiger partial charge on any atom is -0.347 e. The number of benzene rings is 1. The molecule has 5 nitrogen and oxygen atoms in total. The van der Waals surface area contributed by atoms with Gasteiger partial charge in [-0.15, -0.1) is 0 Å². The third-order valence-electron chi connectivity index (χ3n) is 3.58. The number of nitrogens with one attached hydrogen (secondary N) is 1. The Hall–Kier alpha value is -2.56. The Morgan fingerprint density at radius 3 is 3.09 bits per heavy atom. The summed E-state index contributed by atoms with van der Waals surface area (Å²) in [5.74, 6) is -1.24. The maximum Gasteiger partial charge on any atom is 0.256 e. The number of aromatic amines is 1. The second-order valence-corrected chi connectivity index (χ2v) is 4.86. The molecule has 5 heteroatoms. The Kier molecular flexibility index (Phi) is 1.35. The molecule has 0 spiro atoms. The Balaban J connectivity index is 2.16. The van der Waals surface area contributed by atoms with E-state index in [2.05, 4.69) is 9.97 Å². The van der Waals surface area contributed by atoms with Crippen molar-refractivity contribution in [2.24, 2.45) is 7.05 Å². The van der Waals surface area contributed by atoms with Gasteiger partial charge in [0, 0.05) is 42.0 Å². The Bertz CT molecular complexity index is 1310. The molecule has 0 unspecified atom stereocenters. The summed E-state index contributed by atoms with van der Waals surface area (Å²) in [5.41, 5.74) is -1.26. The second-order valence-electron chi connectivity index (χ2n) is 4.86. The lowest BCUT2D eigenvalue weighted by atomic mass is 10.0. The molecule has 1 amide bonds. The molecule has 1 aliphatic rings. The topological polar surface area (TPSA) is 53.9 Å². The normalized spacial score (nSPS) is 26.5. The van der Waals surface area contributed by atoms with Crippen molar-refractivity contribution in [2.45, 2.75) is 19.8 Å². The number of fused-ring (bicyclic) bond motifs is 3. The van der Waals surface area contributed by atoms with Crippen molar-refractivity contribution in [1.82, 2.24) is 19.4 Å². The van der Waals surface area contributed by atoms with Gasteiger partial charge >= 0.3 is 0 Å². The molecule has 4 rings (SSSR count). The predicted octanol–water partition coefficient (Wildman–Crippen LogP) is 2.41. The molecule has 22 heavy (non-hydrogen) atoms. The predicted molar refractivity (Wildman–Crippen MR) is 84.7 cm³/mol. The molecule has 0 atom stereocenters. The van der Waals surface area contributed by atoms with Crippen molar-refractivity contribution in [3.8, 4) is 0 Å². The minimum atomic E-state index is -3.20. The van der Waals surface area contributed by atoms with Gasteiger partial charge in [0.2, 0.25) is 0 Å². The van der Waals surface area contributed by atoms with Crippen LogP contribution in [0.3, 0.4) is 0 Å². The van der Waals surface area contributed by atoms with Gasteiger partial charge in [-0.3, -0.25) is 4.79 Å². The van der Waals surface area contributed by atoms with Crippen LogP contribution in [0, 0.1) is 6.92 Å². The first-order valence-corrected chi connectivity index (χ1v) is 6.54. The quantitative estimate of drug-likeness (QED) is 0.790. The van der Waals surface area contributed by atoms with Crippen LogP contribution in [-0.4, -0.2) is 31.8 Å². The Morgan fingerprint density at radius 1 is 1.50 bits per heavy atom. The number of para-hydroxylation sites is 1. The number of hydrogen-bond donors (Lipinski definition) is 1. The summed E-state index contributed by atoms with van der Waals surface area (Å²) in [4.78, 5) is 20.2. The smallest absolute Gasteiger partial charge is 0.256 e. The fourth-order valence-electron chi connectivity index (χ4n) is 2.43. The summed E-state index contributed by atoms with van der Waals surface area (Å²) in [6, 6.07) is -2.34. The molecular weight excluding hydrogens is 276 g/mol. The number of rotatable bonds is 2. The number of imidazole rings is 1. The van der Waals surface area contributed by atoms with E-state index in [-0.39, 0.29) is 27.2 Å². The first-order chi connectivity index (χ1) is 14.6. The van der Waals surface area contributed by atoms with Crippen LogP contribution in [0.1, 0.15) is 41.1 Å². The highest BCUT2D eigenvalue weighted by Crippen LogP contribution is 2.30. The highest BCUT2D eigenvalue weighted by molar-refractivity contribution is 6.09. The van der Waals surface area contributed by atoms with Gasteiger partial charge in [-0.2, -0.15) is 0 Å². The number of carbonyl (C=O) groups is 1. The third-order valence-corrected chi connectivity index (χ3v) is 3.58. The summed E-state index contributed by atoms with van der Waals surface area (Å²) in [6.45, 7) is -4.61. The number of hydrogen-bond acceptors (Lipinski definition) is 2. The number of H-pyrrole nitrogens is 1. The summed E-state index contributed by atoms with van der Waals surface area (Å²) in [6.07, 6.45) is -1.81. The monoisotopic (exact) mass is 304 g/mol. The molecule has 0 saturated heterocycles. The van der Waals surface area contributed by atoms with Crippen LogP contribution in [0.15, 0.2) is 30.5 Å². The van der Waals surface area contributed by atoms with Gasteiger partial charge in [0.15, 0.2) is 0 Å². The standard InChI is InChI=1S/C17H18N4O/c1-11-13(19-10-18-11)9-21-8-7-15-16(17(21)22)12-5-3-4-6-14(12)20(15)2/h3-6,10H,7-9H2,1-2H3,(H,18,19)/i3D,4D,5D,6D,7D2,8D2,9D2. The van der Waals surface area contributed by atoms with Gasteiger partial charge in [0.05, 0.1) is 38.0 Å². The highest BCUT2D eigenvalue weighted by Gasteiger charge is 2.30. The van der Waals surface area contributed by atoms with Crippen molar-refractivity contribution in [2.75, 3.05) is 6.50 Å². The van der Waals surface area contributed by atoms with Crippen LogP contribution in [0.4, 0.5) is 0 Å². The van der Waals surface area contributed by atoms with Gasteiger partial charge in [-0.05, 0) is 13.0 Å². The second kappa shape index (κ2) is 4.73. The number of nitrogens with zero attached hydrogens (tertiary/aromatic N) is 3. The van der Waals surface area contributed by atoms with Gasteiger partial charge in [-0.1, -0.05) is 18.1 Å². The van der Waals surface area contributed by atoms with Crippen LogP contribution < -0.4 is 0 Å². The first-order valence-electron chi connectivity index (χ1n) is 11.5. The zero-order valence-corrected chi connectivity index (χ0v) is 11.8. The molecule has 1 aromatic carbocycles. The SMILES string of the molecule is [2H]c1c([2H])c([2H])c2c(c1[2H])c1c(n2C)C([2H])([2H])C([2H])([2H])N(C([2H])([2H])c2[nH]cnc2C)C1=O. The fraction of sp³-hybridized carbons (Fsp3) is 0.294. The summed E-state index contributed by atoms with van der Waals surface area (Å²) >= 11 is 0. The largest absolute Gasteiger partial charge is 0.347 e. The van der Waals surface area contributed by atoms with Gasteiger partial charge in [0.25, 0.3) is 5.91 Å². The van der Waals surface area contributed by atoms with Crippen LogP contribution in [0.5, 0.6) is 0 Å². The Morgan fingerprint density at radius 2 is 2.32 bits per heavy atom. The van der Waals surface area contributed by atoms with E-state index >= 15 is 0 Å². The molecule has 1 N–H and O–H groups in total. The van der Waals surface area contributed by atoms with Gasteiger partial charge in [-0.25, -0.2) is 4.98 Å². The third kappa shape index (κ3) is 1.78. The molecule has 0 bridgehead atoms. The minimum absolute atomic E-state index is 0.142. The maximum atomic E-state index is 13.6. The molecule has 0 aliphatic carbocycles. The van der Waals surface area contributed by atoms with Gasteiger partial charge in [0.1, 0.15) is 0 Å². The molecule has 1 aliphatic heterocycles. The zero-order valence-electron chi connectivity index (χ0n) is 21.8. The van der Waals surface area contributed by atoms with Crippen LogP contribution >= 0.6 is 0 Å². The van der Waals surface area contributed by atoms with Crippen molar-refractivity contribution in [1.29, 1.82) is 0 Å². The highest BCUT2D eigenvalue weighted by atomic mass is 16.2. The number of aromatic nitrogens is 3. The van der Waals surface area contributed by atoms with E-state index in [4.69, 9.17) is 13.7 Å². The number of amides is 1. The van der Waals surface area contributed by atoms with Crippen molar-refractivity contribution in [3.63, 3.8) is 0 Å². The molecule has 2 aromatic heterocycles. The van der Waals surface area contributed by atoms with Crippen LogP contribution in [-0.2, 0) is 19.9 Å². The lowest BCUT2D eigenvalue weighted by Crippen LogP contribution is -2.37. The van der Waals surface area contributed by atoms with E-state index in [0.717, 1.165) is 4.57 Å². The van der Waals surface area contributed by atoms with Gasteiger partial charge < -0.3 is 14.5 Å². The summed E-state index contributed by atoms with van der Waals surface area (Å²) in [7, 11) is 1.28. The number of carbonyl (C=O) groups excluding carboxylic acids is 1. The molecular formula is C17H18N4O. The molecule has 0 radical (unpaired) electrons. The van der Waals surface area contributed by atoms with E-state index in [1.54, 1.807) is 0 Å². The van der Waals surface area contributed by atoms with E-state index in [1.807, 2.05) is 0 Å². The van der Waals surface area contributed by atoms with Crippen LogP contribution in [0.2, 0.25) is 0 Å². The average Bonchev–Trinajstić information content (AvgIpc) is 3.25. The zero-order chi connectivity index (χ0) is 24.1. The summed E-state index contributed by atoms with van der Waals surface area (Å²) < 4.78 is 84.6. The molecule has 0 fully saturated rings. The first kappa shape index (κ1) is 6.28. The molecule has 3 heterocycles. The summed E-state index contributed by atoms with van der Waals surface area (Å²) in [5, 5.41) is -0.292. The lowest BCUT2D eigenvalue weighted by Gasteiger charge is -2.27. The molecule has 0 saturated carbocycles. The van der Waals surface area contributed by atoms with Crippen molar-refractivity contribution >= 4 is 16.8 Å². The van der Waals surface area contributed by atoms with E-state index < -0.39 is 60.7 Å². The molecule has 112 valence electrons. The lowest BCUT2D eigenvalue weighted by molar-refractivity contribution is 0.0725. The van der Waals surface area contributed by atoms with Crippen molar-refractivity contribution in [3.05, 3.63) is 53.1 Å². The average molecular weight is 304 g/mol. The van der Waals surface area contributed by atoms with Crippen LogP contribution in [0.25, 0.3) is 10.9 Å². The van der Waals surface area contributed by atoms with E-state index in [9.17, 15) is 4.79 Å². The molecule has 3 aromatic rings. The maximum absolute atomic E-state index is 13.6. The van der Waals surface area contributed by atoms with E-state index in [1.165, 1.54) is 20.3 Å². The van der Waals surface area contributed by atoms with E-state index in [0.29, 0.717) is 0 Å². The van der Waals surface area contributed by atoms with Crippen molar-refractivity contribution < 1.29 is 18.5 Å².